The van der Waals surface area contributed by atoms with Crippen LogP contribution in [0, 0.1) is 17.2 Å². The molecule has 0 aliphatic rings. The highest BCUT2D eigenvalue weighted by Gasteiger charge is 2.09. The summed E-state index contributed by atoms with van der Waals surface area (Å²) in [6.07, 6.45) is 7.20. The van der Waals surface area contributed by atoms with Crippen LogP contribution in [0.15, 0.2) is 0 Å². The number of nitrogens with two attached hydrogens (primary N) is 1. The van der Waals surface area contributed by atoms with Gasteiger partial charge in [0.2, 0.25) is 5.91 Å². The standard InChI is InChI=1S/C14H27N3O/c1-2-6-13(9-11-16)7-8-14(18)17-12-5-3-4-10-15/h13H,2-9,11-12,16H2,1H3,(H,17,18). The number of amides is 1. The Morgan fingerprint density at radius 2 is 2.11 bits per heavy atom. The van der Waals surface area contributed by atoms with E-state index in [4.69, 9.17) is 11.0 Å². The van der Waals surface area contributed by atoms with Gasteiger partial charge in [0, 0.05) is 19.4 Å². The quantitative estimate of drug-likeness (QED) is 0.555. The fraction of sp³-hybridized carbons (Fsp3) is 0.857. The van der Waals surface area contributed by atoms with Gasteiger partial charge in [0.25, 0.3) is 0 Å². The summed E-state index contributed by atoms with van der Waals surface area (Å²) in [5.74, 6) is 0.717. The Bertz CT molecular complexity index is 242. The van der Waals surface area contributed by atoms with E-state index in [2.05, 4.69) is 18.3 Å². The average molecular weight is 253 g/mol. The van der Waals surface area contributed by atoms with E-state index in [9.17, 15) is 4.79 Å². The third-order valence-corrected chi connectivity index (χ3v) is 3.09. The molecule has 1 unspecified atom stereocenters. The van der Waals surface area contributed by atoms with Crippen molar-refractivity contribution in [1.82, 2.24) is 5.32 Å². The fourth-order valence-corrected chi connectivity index (χ4v) is 2.06. The van der Waals surface area contributed by atoms with Crippen molar-refractivity contribution in [3.63, 3.8) is 0 Å². The van der Waals surface area contributed by atoms with Crippen LogP contribution in [0.3, 0.4) is 0 Å². The molecule has 4 heteroatoms. The number of carbonyl (C=O) groups is 1. The monoisotopic (exact) mass is 253 g/mol. The second-order valence-electron chi connectivity index (χ2n) is 4.74. The zero-order valence-corrected chi connectivity index (χ0v) is 11.6. The average Bonchev–Trinajstić information content (AvgIpc) is 2.36. The van der Waals surface area contributed by atoms with Gasteiger partial charge in [-0.25, -0.2) is 0 Å². The summed E-state index contributed by atoms with van der Waals surface area (Å²) in [6.45, 7) is 3.56. The number of hydrogen-bond donors (Lipinski definition) is 2. The lowest BCUT2D eigenvalue weighted by Gasteiger charge is -2.14. The molecule has 0 saturated carbocycles. The second-order valence-corrected chi connectivity index (χ2v) is 4.74. The van der Waals surface area contributed by atoms with Gasteiger partial charge in [-0.3, -0.25) is 4.79 Å². The van der Waals surface area contributed by atoms with Crippen LogP contribution in [0.1, 0.15) is 58.3 Å². The smallest absolute Gasteiger partial charge is 0.220 e. The molecule has 0 bridgehead atoms. The van der Waals surface area contributed by atoms with Gasteiger partial charge < -0.3 is 11.1 Å². The SMILES string of the molecule is CCCC(CCN)CCC(=O)NCCCCC#N. The predicted octanol–water partition coefficient (Wildman–Crippen LogP) is 2.34. The number of carbonyl (C=O) groups excluding carboxylic acids is 1. The van der Waals surface area contributed by atoms with Crippen molar-refractivity contribution in [3.05, 3.63) is 0 Å². The molecule has 104 valence electrons. The maximum Gasteiger partial charge on any atom is 0.220 e. The van der Waals surface area contributed by atoms with Crippen molar-refractivity contribution in [2.75, 3.05) is 13.1 Å². The van der Waals surface area contributed by atoms with Crippen molar-refractivity contribution in [3.8, 4) is 6.07 Å². The maximum absolute atomic E-state index is 11.6. The summed E-state index contributed by atoms with van der Waals surface area (Å²) in [5.41, 5.74) is 5.57. The number of unbranched alkanes of at least 4 members (excludes halogenated alkanes) is 2. The molecule has 0 aromatic carbocycles. The molecule has 0 spiro atoms. The van der Waals surface area contributed by atoms with Crippen molar-refractivity contribution in [1.29, 1.82) is 5.26 Å². The largest absolute Gasteiger partial charge is 0.356 e. The number of hydrogen-bond acceptors (Lipinski definition) is 3. The van der Waals surface area contributed by atoms with Gasteiger partial charge in [-0.1, -0.05) is 19.8 Å². The van der Waals surface area contributed by atoms with Crippen molar-refractivity contribution >= 4 is 5.91 Å². The number of nitrogens with zero attached hydrogens (tertiary/aromatic N) is 1. The molecule has 0 saturated heterocycles. The van der Waals surface area contributed by atoms with Gasteiger partial charge in [0.1, 0.15) is 0 Å². The van der Waals surface area contributed by atoms with E-state index < -0.39 is 0 Å². The van der Waals surface area contributed by atoms with Gasteiger partial charge in [-0.2, -0.15) is 5.26 Å². The van der Waals surface area contributed by atoms with Crippen molar-refractivity contribution in [2.24, 2.45) is 11.7 Å². The van der Waals surface area contributed by atoms with Gasteiger partial charge in [0.05, 0.1) is 6.07 Å². The first-order valence-electron chi connectivity index (χ1n) is 7.08. The van der Waals surface area contributed by atoms with Crippen LogP contribution in [0.2, 0.25) is 0 Å². The van der Waals surface area contributed by atoms with E-state index in [1.807, 2.05) is 0 Å². The van der Waals surface area contributed by atoms with E-state index in [-0.39, 0.29) is 5.91 Å². The van der Waals surface area contributed by atoms with Crippen molar-refractivity contribution < 1.29 is 4.79 Å². The first-order valence-corrected chi connectivity index (χ1v) is 7.08. The van der Waals surface area contributed by atoms with Crippen LogP contribution in [0.5, 0.6) is 0 Å². The highest BCUT2D eigenvalue weighted by Crippen LogP contribution is 2.16. The van der Waals surface area contributed by atoms with Crippen LogP contribution < -0.4 is 11.1 Å². The summed E-state index contributed by atoms with van der Waals surface area (Å²) >= 11 is 0. The molecule has 0 rings (SSSR count). The van der Waals surface area contributed by atoms with E-state index in [1.165, 1.54) is 0 Å². The Morgan fingerprint density at radius 3 is 2.72 bits per heavy atom. The Hall–Kier alpha value is -1.08. The minimum atomic E-state index is 0.130. The summed E-state index contributed by atoms with van der Waals surface area (Å²) in [5, 5.41) is 11.3. The first-order chi connectivity index (χ1) is 8.74. The van der Waals surface area contributed by atoms with E-state index in [1.54, 1.807) is 0 Å². The third kappa shape index (κ3) is 10.1. The van der Waals surface area contributed by atoms with Crippen LogP contribution in [0.25, 0.3) is 0 Å². The topological polar surface area (TPSA) is 78.9 Å². The lowest BCUT2D eigenvalue weighted by atomic mass is 9.94. The number of rotatable bonds is 11. The molecule has 0 aliphatic carbocycles. The Labute approximate surface area is 111 Å². The Morgan fingerprint density at radius 1 is 1.33 bits per heavy atom. The lowest BCUT2D eigenvalue weighted by Crippen LogP contribution is -2.25. The third-order valence-electron chi connectivity index (χ3n) is 3.09. The first kappa shape index (κ1) is 16.9. The van der Waals surface area contributed by atoms with Gasteiger partial charge in [0.15, 0.2) is 0 Å². The summed E-state index contributed by atoms with van der Waals surface area (Å²) in [7, 11) is 0. The molecule has 18 heavy (non-hydrogen) atoms. The van der Waals surface area contributed by atoms with Crippen LogP contribution in [-0.4, -0.2) is 19.0 Å². The molecule has 0 fully saturated rings. The minimum Gasteiger partial charge on any atom is -0.356 e. The normalized spacial score (nSPS) is 11.8. The summed E-state index contributed by atoms with van der Waals surface area (Å²) in [6, 6.07) is 2.10. The molecule has 1 amide bonds. The van der Waals surface area contributed by atoms with E-state index >= 15 is 0 Å². The van der Waals surface area contributed by atoms with Crippen molar-refractivity contribution in [2.45, 2.75) is 58.3 Å². The Kier molecular flexibility index (Phi) is 11.6. The highest BCUT2D eigenvalue weighted by molar-refractivity contribution is 5.75. The molecule has 0 aromatic heterocycles. The number of nitriles is 1. The number of nitrogens with one attached hydrogen (secondary N) is 1. The molecule has 3 N–H and O–H groups in total. The fourth-order valence-electron chi connectivity index (χ4n) is 2.06. The lowest BCUT2D eigenvalue weighted by molar-refractivity contribution is -0.121. The molecule has 1 atom stereocenters. The summed E-state index contributed by atoms with van der Waals surface area (Å²) < 4.78 is 0. The van der Waals surface area contributed by atoms with Crippen LogP contribution in [0.4, 0.5) is 0 Å². The zero-order valence-electron chi connectivity index (χ0n) is 11.6. The Balaban J connectivity index is 3.57. The van der Waals surface area contributed by atoms with E-state index in [0.717, 1.165) is 38.5 Å². The van der Waals surface area contributed by atoms with Crippen LogP contribution >= 0.6 is 0 Å². The summed E-state index contributed by atoms with van der Waals surface area (Å²) in [4.78, 5) is 11.6. The molecular formula is C14H27N3O. The minimum absolute atomic E-state index is 0.130. The molecule has 0 radical (unpaired) electrons. The van der Waals surface area contributed by atoms with Gasteiger partial charge in [-0.05, 0) is 38.1 Å². The van der Waals surface area contributed by atoms with Gasteiger partial charge in [-0.15, -0.1) is 0 Å². The zero-order chi connectivity index (χ0) is 13.6. The maximum atomic E-state index is 11.6. The second kappa shape index (κ2) is 12.4. The molecule has 0 heterocycles. The predicted molar refractivity (Wildman–Crippen MR) is 73.8 cm³/mol. The van der Waals surface area contributed by atoms with E-state index in [0.29, 0.717) is 31.8 Å². The molecular weight excluding hydrogens is 226 g/mol. The molecule has 0 aromatic rings. The van der Waals surface area contributed by atoms with Gasteiger partial charge >= 0.3 is 0 Å². The molecule has 0 aliphatic heterocycles. The van der Waals surface area contributed by atoms with Crippen LogP contribution in [-0.2, 0) is 4.79 Å². The highest BCUT2D eigenvalue weighted by atomic mass is 16.1. The molecule has 4 nitrogen and oxygen atoms in total.